The van der Waals surface area contributed by atoms with Crippen LogP contribution in [0.5, 0.6) is 0 Å². The summed E-state index contributed by atoms with van der Waals surface area (Å²) >= 11 is 0. The third kappa shape index (κ3) is 5.51. The molecule has 1 aromatic carbocycles. The standard InChI is InChI=1S/C16H17F3N4O4/c1-3-12(24)20-8-13(25)23(26-2)9-10-4-6-11(7-5-10)14-21-15(27-22-14)16(17,18)19/h4-7H,3,8-9H2,1-2H3,(H,20,24). The van der Waals surface area contributed by atoms with Crippen molar-refractivity contribution in [2.24, 2.45) is 0 Å². The highest BCUT2D eigenvalue weighted by Crippen LogP contribution is 2.29. The Labute approximate surface area is 152 Å². The monoisotopic (exact) mass is 386 g/mol. The van der Waals surface area contributed by atoms with Gasteiger partial charge in [-0.25, -0.2) is 5.06 Å². The van der Waals surface area contributed by atoms with Crippen LogP contribution in [0.3, 0.4) is 0 Å². The normalized spacial score (nSPS) is 11.3. The molecule has 0 atom stereocenters. The van der Waals surface area contributed by atoms with Gasteiger partial charge in [0.05, 0.1) is 20.2 Å². The van der Waals surface area contributed by atoms with Crippen molar-refractivity contribution < 1.29 is 32.1 Å². The summed E-state index contributed by atoms with van der Waals surface area (Å²) in [5.74, 6) is -2.33. The van der Waals surface area contributed by atoms with Crippen LogP contribution in [-0.2, 0) is 27.1 Å². The van der Waals surface area contributed by atoms with E-state index in [1.807, 2.05) is 0 Å². The second kappa shape index (κ2) is 8.62. The van der Waals surface area contributed by atoms with E-state index in [2.05, 4.69) is 20.0 Å². The lowest BCUT2D eigenvalue weighted by Gasteiger charge is -2.20. The number of alkyl halides is 3. The minimum absolute atomic E-state index is 0.0810. The molecule has 1 heterocycles. The van der Waals surface area contributed by atoms with E-state index in [9.17, 15) is 22.8 Å². The Morgan fingerprint density at radius 2 is 1.93 bits per heavy atom. The average molecular weight is 386 g/mol. The number of halogens is 3. The van der Waals surface area contributed by atoms with E-state index >= 15 is 0 Å². The average Bonchev–Trinajstić information content (AvgIpc) is 3.15. The van der Waals surface area contributed by atoms with Gasteiger partial charge >= 0.3 is 12.1 Å². The number of carbonyl (C=O) groups excluding carboxylic acids is 2. The molecule has 0 aliphatic rings. The van der Waals surface area contributed by atoms with Crippen LogP contribution >= 0.6 is 0 Å². The number of rotatable bonds is 7. The zero-order chi connectivity index (χ0) is 20.0. The first-order chi connectivity index (χ1) is 12.7. The fraction of sp³-hybridized carbons (Fsp3) is 0.375. The smallest absolute Gasteiger partial charge is 0.347 e. The van der Waals surface area contributed by atoms with Crippen molar-refractivity contribution in [1.82, 2.24) is 20.5 Å². The zero-order valence-electron chi connectivity index (χ0n) is 14.5. The van der Waals surface area contributed by atoms with Gasteiger partial charge in [0.1, 0.15) is 0 Å². The maximum atomic E-state index is 12.5. The summed E-state index contributed by atoms with van der Waals surface area (Å²) in [6.07, 6.45) is -4.45. The number of benzene rings is 1. The molecule has 0 unspecified atom stereocenters. The first kappa shape index (κ1) is 20.4. The maximum Gasteiger partial charge on any atom is 0.471 e. The van der Waals surface area contributed by atoms with Crippen LogP contribution in [0.25, 0.3) is 11.4 Å². The van der Waals surface area contributed by atoms with E-state index < -0.39 is 18.0 Å². The first-order valence-electron chi connectivity index (χ1n) is 7.86. The molecule has 0 aliphatic heterocycles. The van der Waals surface area contributed by atoms with E-state index in [0.717, 1.165) is 5.06 Å². The van der Waals surface area contributed by atoms with Gasteiger partial charge in [0.15, 0.2) is 0 Å². The Morgan fingerprint density at radius 3 is 2.44 bits per heavy atom. The van der Waals surface area contributed by atoms with Crippen LogP contribution in [0.2, 0.25) is 0 Å². The molecule has 0 radical (unpaired) electrons. The number of nitrogens with one attached hydrogen (secondary N) is 1. The number of hydroxylamine groups is 2. The molecule has 2 aromatic rings. The van der Waals surface area contributed by atoms with Crippen molar-refractivity contribution in [3.8, 4) is 11.4 Å². The predicted molar refractivity (Wildman–Crippen MR) is 85.6 cm³/mol. The van der Waals surface area contributed by atoms with Crippen LogP contribution in [0.1, 0.15) is 24.8 Å². The summed E-state index contributed by atoms with van der Waals surface area (Å²) in [7, 11) is 1.31. The molecule has 8 nitrogen and oxygen atoms in total. The summed E-state index contributed by atoms with van der Waals surface area (Å²) in [4.78, 5) is 31.5. The van der Waals surface area contributed by atoms with Gasteiger partial charge in [-0.15, -0.1) is 0 Å². The lowest BCUT2D eigenvalue weighted by Crippen LogP contribution is -2.39. The van der Waals surface area contributed by atoms with Crippen LogP contribution in [0.4, 0.5) is 13.2 Å². The number of aromatic nitrogens is 2. The van der Waals surface area contributed by atoms with Crippen molar-refractivity contribution in [3.05, 3.63) is 35.7 Å². The van der Waals surface area contributed by atoms with Crippen LogP contribution in [0.15, 0.2) is 28.8 Å². The topological polar surface area (TPSA) is 97.6 Å². The van der Waals surface area contributed by atoms with Gasteiger partial charge in [-0.2, -0.15) is 18.2 Å². The fourth-order valence-electron chi connectivity index (χ4n) is 2.02. The van der Waals surface area contributed by atoms with Gasteiger partial charge in [0.2, 0.25) is 11.7 Å². The Bertz CT molecular complexity index is 790. The molecule has 2 rings (SSSR count). The second-order valence-corrected chi connectivity index (χ2v) is 5.36. The van der Waals surface area contributed by atoms with Gasteiger partial charge in [0, 0.05) is 12.0 Å². The summed E-state index contributed by atoms with van der Waals surface area (Å²) < 4.78 is 41.7. The first-order valence-corrected chi connectivity index (χ1v) is 7.86. The molecule has 0 spiro atoms. The molecule has 0 bridgehead atoms. The summed E-state index contributed by atoms with van der Waals surface area (Å²) in [5.41, 5.74) is 0.971. The lowest BCUT2D eigenvalue weighted by atomic mass is 10.1. The zero-order valence-corrected chi connectivity index (χ0v) is 14.5. The molecular weight excluding hydrogens is 369 g/mol. The van der Waals surface area contributed by atoms with Crippen molar-refractivity contribution >= 4 is 11.8 Å². The Hall–Kier alpha value is -2.95. The van der Waals surface area contributed by atoms with Crippen molar-refractivity contribution in [2.45, 2.75) is 26.1 Å². The summed E-state index contributed by atoms with van der Waals surface area (Å²) in [5, 5.41) is 6.81. The minimum Gasteiger partial charge on any atom is -0.347 e. The molecule has 2 amide bonds. The van der Waals surface area contributed by atoms with Gasteiger partial charge in [-0.3, -0.25) is 14.4 Å². The molecule has 1 aromatic heterocycles. The predicted octanol–water partition coefficient (Wildman–Crippen LogP) is 2.17. The van der Waals surface area contributed by atoms with E-state index in [-0.39, 0.29) is 31.2 Å². The van der Waals surface area contributed by atoms with Crippen LogP contribution in [0, 0.1) is 0 Å². The molecule has 11 heteroatoms. The minimum atomic E-state index is -4.71. The third-order valence-corrected chi connectivity index (χ3v) is 3.46. The Balaban J connectivity index is 2.02. The number of carbonyl (C=O) groups is 2. The quantitative estimate of drug-likeness (QED) is 0.733. The van der Waals surface area contributed by atoms with Crippen LogP contribution < -0.4 is 5.32 Å². The molecule has 0 saturated carbocycles. The number of hydrogen-bond donors (Lipinski definition) is 1. The largest absolute Gasteiger partial charge is 0.471 e. The molecule has 27 heavy (non-hydrogen) atoms. The van der Waals surface area contributed by atoms with Crippen molar-refractivity contribution in [2.75, 3.05) is 13.7 Å². The van der Waals surface area contributed by atoms with Gasteiger partial charge in [0.25, 0.3) is 5.91 Å². The number of hydrogen-bond acceptors (Lipinski definition) is 6. The molecule has 1 N–H and O–H groups in total. The van der Waals surface area contributed by atoms with Crippen molar-refractivity contribution in [1.29, 1.82) is 0 Å². The van der Waals surface area contributed by atoms with E-state index in [0.29, 0.717) is 11.1 Å². The van der Waals surface area contributed by atoms with Gasteiger partial charge in [-0.1, -0.05) is 36.3 Å². The van der Waals surface area contributed by atoms with Crippen molar-refractivity contribution in [3.63, 3.8) is 0 Å². The van der Waals surface area contributed by atoms with Gasteiger partial charge < -0.3 is 9.84 Å². The third-order valence-electron chi connectivity index (χ3n) is 3.46. The second-order valence-electron chi connectivity index (χ2n) is 5.36. The summed E-state index contributed by atoms with van der Waals surface area (Å²) in [6, 6.07) is 6.17. The van der Waals surface area contributed by atoms with E-state index in [4.69, 9.17) is 4.84 Å². The Morgan fingerprint density at radius 1 is 1.26 bits per heavy atom. The molecular formula is C16H17F3N4O4. The highest BCUT2D eigenvalue weighted by atomic mass is 19.4. The maximum absolute atomic E-state index is 12.5. The molecule has 0 fully saturated rings. The number of amides is 2. The van der Waals surface area contributed by atoms with Gasteiger partial charge in [-0.05, 0) is 5.56 Å². The highest BCUT2D eigenvalue weighted by molar-refractivity contribution is 5.84. The Kier molecular flexibility index (Phi) is 6.50. The SMILES string of the molecule is CCC(=O)NCC(=O)N(Cc1ccc(-c2noc(C(F)(F)F)n2)cc1)OC. The highest BCUT2D eigenvalue weighted by Gasteiger charge is 2.38. The summed E-state index contributed by atoms with van der Waals surface area (Å²) in [6.45, 7) is 1.54. The fourth-order valence-corrected chi connectivity index (χ4v) is 2.02. The van der Waals surface area contributed by atoms with E-state index in [1.165, 1.54) is 19.2 Å². The molecule has 0 aliphatic carbocycles. The molecule has 146 valence electrons. The molecule has 0 saturated heterocycles. The van der Waals surface area contributed by atoms with E-state index in [1.54, 1.807) is 19.1 Å². The number of nitrogens with zero attached hydrogens (tertiary/aromatic N) is 3. The lowest BCUT2D eigenvalue weighted by molar-refractivity contribution is -0.178. The van der Waals surface area contributed by atoms with Crippen LogP contribution in [-0.4, -0.2) is 40.7 Å².